The number of rotatable bonds is 5. The predicted molar refractivity (Wildman–Crippen MR) is 79.2 cm³/mol. The SMILES string of the molecule is COc1ccccc1CC(O)(C#N)c1ccccc1OC. The number of aliphatic hydroxyl groups is 1. The first-order valence-corrected chi connectivity index (χ1v) is 6.53. The molecule has 2 aromatic carbocycles. The Morgan fingerprint density at radius 3 is 2.19 bits per heavy atom. The van der Waals surface area contributed by atoms with Crippen molar-refractivity contribution >= 4 is 0 Å². The lowest BCUT2D eigenvalue weighted by Crippen LogP contribution is -2.27. The van der Waals surface area contributed by atoms with Crippen molar-refractivity contribution in [1.82, 2.24) is 0 Å². The largest absolute Gasteiger partial charge is 0.496 e. The van der Waals surface area contributed by atoms with Crippen LogP contribution in [0.1, 0.15) is 11.1 Å². The maximum Gasteiger partial charge on any atom is 0.184 e. The summed E-state index contributed by atoms with van der Waals surface area (Å²) in [6, 6.07) is 16.3. The maximum atomic E-state index is 10.8. The standard InChI is InChI=1S/C17H17NO3/c1-20-15-9-5-3-7-13(15)11-17(19,12-18)14-8-4-6-10-16(14)21-2/h3-10,19H,11H2,1-2H3. The van der Waals surface area contributed by atoms with Gasteiger partial charge in [-0.3, -0.25) is 0 Å². The molecule has 0 aliphatic rings. The van der Waals surface area contributed by atoms with Crippen LogP contribution < -0.4 is 9.47 Å². The van der Waals surface area contributed by atoms with Gasteiger partial charge >= 0.3 is 0 Å². The molecule has 1 N–H and O–H groups in total. The van der Waals surface area contributed by atoms with E-state index in [0.717, 1.165) is 5.56 Å². The fourth-order valence-electron chi connectivity index (χ4n) is 2.31. The number of ether oxygens (including phenoxy) is 2. The first kappa shape index (κ1) is 14.9. The number of nitriles is 1. The van der Waals surface area contributed by atoms with Gasteiger partial charge in [-0.05, 0) is 17.7 Å². The number of hydrogen-bond acceptors (Lipinski definition) is 4. The van der Waals surface area contributed by atoms with E-state index >= 15 is 0 Å². The van der Waals surface area contributed by atoms with Crippen molar-refractivity contribution in [2.24, 2.45) is 0 Å². The van der Waals surface area contributed by atoms with E-state index in [1.165, 1.54) is 7.11 Å². The average Bonchev–Trinajstić information content (AvgIpc) is 2.55. The molecule has 1 unspecified atom stereocenters. The third-order valence-corrected chi connectivity index (χ3v) is 3.38. The molecule has 0 bridgehead atoms. The summed E-state index contributed by atoms with van der Waals surface area (Å²) in [6.07, 6.45) is 0.119. The number of hydrogen-bond donors (Lipinski definition) is 1. The van der Waals surface area contributed by atoms with E-state index in [-0.39, 0.29) is 6.42 Å². The van der Waals surface area contributed by atoms with Crippen LogP contribution in [0, 0.1) is 11.3 Å². The lowest BCUT2D eigenvalue weighted by Gasteiger charge is -2.23. The molecule has 0 fully saturated rings. The molecule has 1 atom stereocenters. The minimum atomic E-state index is -1.68. The Morgan fingerprint density at radius 2 is 1.57 bits per heavy atom. The van der Waals surface area contributed by atoms with Crippen LogP contribution in [0.2, 0.25) is 0 Å². The third-order valence-electron chi connectivity index (χ3n) is 3.38. The zero-order chi connectivity index (χ0) is 15.3. The quantitative estimate of drug-likeness (QED) is 0.857. The van der Waals surface area contributed by atoms with Crippen molar-refractivity contribution in [3.8, 4) is 17.6 Å². The van der Waals surface area contributed by atoms with Gasteiger partial charge in [0.05, 0.1) is 14.2 Å². The highest BCUT2D eigenvalue weighted by atomic mass is 16.5. The molecular formula is C17H17NO3. The van der Waals surface area contributed by atoms with Crippen LogP contribution in [0.3, 0.4) is 0 Å². The Hall–Kier alpha value is -2.51. The molecule has 0 saturated heterocycles. The minimum Gasteiger partial charge on any atom is -0.496 e. The summed E-state index contributed by atoms with van der Waals surface area (Å²) >= 11 is 0. The summed E-state index contributed by atoms with van der Waals surface area (Å²) in [5.74, 6) is 1.12. The van der Waals surface area contributed by atoms with Crippen molar-refractivity contribution in [3.05, 3.63) is 59.7 Å². The molecule has 2 rings (SSSR count). The highest BCUT2D eigenvalue weighted by Crippen LogP contribution is 2.34. The number of benzene rings is 2. The first-order valence-electron chi connectivity index (χ1n) is 6.53. The second-order valence-corrected chi connectivity index (χ2v) is 4.66. The van der Waals surface area contributed by atoms with Gasteiger partial charge in [-0.2, -0.15) is 5.26 Å². The van der Waals surface area contributed by atoms with Gasteiger partial charge in [0.15, 0.2) is 5.60 Å². The van der Waals surface area contributed by atoms with Gasteiger partial charge in [-0.15, -0.1) is 0 Å². The smallest absolute Gasteiger partial charge is 0.184 e. The van der Waals surface area contributed by atoms with Crippen LogP contribution in [0.25, 0.3) is 0 Å². The Kier molecular flexibility index (Phi) is 4.46. The van der Waals surface area contributed by atoms with Gasteiger partial charge in [0.2, 0.25) is 0 Å². The normalized spacial score (nSPS) is 13.0. The van der Waals surface area contributed by atoms with E-state index in [4.69, 9.17) is 9.47 Å². The van der Waals surface area contributed by atoms with Crippen LogP contribution in [0.4, 0.5) is 0 Å². The van der Waals surface area contributed by atoms with E-state index in [9.17, 15) is 10.4 Å². The second kappa shape index (κ2) is 6.29. The van der Waals surface area contributed by atoms with Crippen LogP contribution >= 0.6 is 0 Å². The molecule has 2 aromatic rings. The van der Waals surface area contributed by atoms with Crippen molar-refractivity contribution in [1.29, 1.82) is 5.26 Å². The van der Waals surface area contributed by atoms with Gasteiger partial charge in [-0.1, -0.05) is 36.4 Å². The monoisotopic (exact) mass is 283 g/mol. The zero-order valence-electron chi connectivity index (χ0n) is 12.0. The van der Waals surface area contributed by atoms with E-state index < -0.39 is 5.60 Å². The molecule has 0 amide bonds. The first-order chi connectivity index (χ1) is 10.1. The Bertz CT molecular complexity index is 663. The van der Waals surface area contributed by atoms with Crippen molar-refractivity contribution < 1.29 is 14.6 Å². The van der Waals surface area contributed by atoms with Gasteiger partial charge in [-0.25, -0.2) is 0 Å². The van der Waals surface area contributed by atoms with Crippen LogP contribution in [-0.4, -0.2) is 19.3 Å². The zero-order valence-corrected chi connectivity index (χ0v) is 12.0. The van der Waals surface area contributed by atoms with Crippen molar-refractivity contribution in [2.75, 3.05) is 14.2 Å². The molecule has 4 heteroatoms. The predicted octanol–water partition coefficient (Wildman–Crippen LogP) is 2.66. The average molecular weight is 283 g/mol. The van der Waals surface area contributed by atoms with Crippen LogP contribution in [-0.2, 0) is 12.0 Å². The Labute approximate surface area is 124 Å². The molecule has 0 spiro atoms. The summed E-state index contributed by atoms with van der Waals surface area (Å²) in [7, 11) is 3.08. The van der Waals surface area contributed by atoms with Gasteiger partial charge in [0.1, 0.15) is 17.6 Å². The summed E-state index contributed by atoms with van der Waals surface area (Å²) in [4.78, 5) is 0. The fraction of sp³-hybridized carbons (Fsp3) is 0.235. The molecule has 0 heterocycles. The van der Waals surface area contributed by atoms with Crippen molar-refractivity contribution in [3.63, 3.8) is 0 Å². The number of para-hydroxylation sites is 2. The number of nitrogens with zero attached hydrogens (tertiary/aromatic N) is 1. The molecule has 0 radical (unpaired) electrons. The highest BCUT2D eigenvalue weighted by molar-refractivity contribution is 5.44. The van der Waals surface area contributed by atoms with E-state index in [1.54, 1.807) is 37.4 Å². The lowest BCUT2D eigenvalue weighted by atomic mass is 9.87. The van der Waals surface area contributed by atoms with Crippen LogP contribution in [0.5, 0.6) is 11.5 Å². The topological polar surface area (TPSA) is 62.5 Å². The molecular weight excluding hydrogens is 266 g/mol. The molecule has 108 valence electrons. The summed E-state index contributed by atoms with van der Waals surface area (Å²) in [5, 5.41) is 20.3. The van der Waals surface area contributed by atoms with Gasteiger partial charge in [0, 0.05) is 12.0 Å². The van der Waals surface area contributed by atoms with Crippen LogP contribution in [0.15, 0.2) is 48.5 Å². The highest BCUT2D eigenvalue weighted by Gasteiger charge is 2.33. The van der Waals surface area contributed by atoms with E-state index in [0.29, 0.717) is 17.1 Å². The Morgan fingerprint density at radius 1 is 1.00 bits per heavy atom. The summed E-state index contributed by atoms with van der Waals surface area (Å²) in [6.45, 7) is 0. The third kappa shape index (κ3) is 2.99. The lowest BCUT2D eigenvalue weighted by molar-refractivity contribution is 0.0943. The van der Waals surface area contributed by atoms with Gasteiger partial charge in [0.25, 0.3) is 0 Å². The van der Waals surface area contributed by atoms with E-state index in [2.05, 4.69) is 0 Å². The Balaban J connectivity index is 2.45. The van der Waals surface area contributed by atoms with E-state index in [1.807, 2.05) is 24.3 Å². The molecule has 0 aliphatic carbocycles. The molecule has 21 heavy (non-hydrogen) atoms. The number of methoxy groups -OCH3 is 2. The molecule has 0 aliphatic heterocycles. The summed E-state index contributed by atoms with van der Waals surface area (Å²) < 4.78 is 10.5. The minimum absolute atomic E-state index is 0.119. The second-order valence-electron chi connectivity index (χ2n) is 4.66. The molecule has 4 nitrogen and oxygen atoms in total. The molecule has 0 aromatic heterocycles. The maximum absolute atomic E-state index is 10.8. The van der Waals surface area contributed by atoms with Gasteiger partial charge < -0.3 is 14.6 Å². The van der Waals surface area contributed by atoms with Crippen molar-refractivity contribution in [2.45, 2.75) is 12.0 Å². The molecule has 0 saturated carbocycles. The fourth-order valence-corrected chi connectivity index (χ4v) is 2.31. The summed E-state index contributed by atoms with van der Waals surface area (Å²) in [5.41, 5.74) is -0.475.